The quantitative estimate of drug-likeness (QED) is 0.503. The van der Waals surface area contributed by atoms with Gasteiger partial charge in [0.2, 0.25) is 0 Å². The Hall–Kier alpha value is -2.46. The molecule has 0 bridgehead atoms. The van der Waals surface area contributed by atoms with E-state index >= 15 is 0 Å². The number of alkyl carbamates (subject to hydrolysis) is 1. The predicted molar refractivity (Wildman–Crippen MR) is 93.6 cm³/mol. The first-order valence-electron chi connectivity index (χ1n) is 8.47. The molecule has 10 heteroatoms. The summed E-state index contributed by atoms with van der Waals surface area (Å²) < 4.78 is 31.1. The van der Waals surface area contributed by atoms with E-state index in [1.54, 1.807) is 0 Å². The highest BCUT2D eigenvalue weighted by atomic mass is 19.1. The Kier molecular flexibility index (Phi) is 7.32. The summed E-state index contributed by atoms with van der Waals surface area (Å²) in [5, 5.41) is 21.3. The molecule has 2 amide bonds. The van der Waals surface area contributed by atoms with Crippen LogP contribution < -0.4 is 5.32 Å². The number of benzene rings is 1. The van der Waals surface area contributed by atoms with Gasteiger partial charge in [0.15, 0.2) is 5.83 Å². The fourth-order valence-corrected chi connectivity index (χ4v) is 2.83. The number of nitrogens with zero attached hydrogens (tertiary/aromatic N) is 1. The number of ether oxygens (including phenoxy) is 1. The van der Waals surface area contributed by atoms with E-state index in [4.69, 9.17) is 4.74 Å². The summed E-state index contributed by atoms with van der Waals surface area (Å²) in [4.78, 5) is 24.9. The number of rotatable bonds is 6. The van der Waals surface area contributed by atoms with Crippen molar-refractivity contribution in [3.63, 3.8) is 0 Å². The molecule has 146 valence electrons. The van der Waals surface area contributed by atoms with Gasteiger partial charge in [-0.05, 0) is 37.0 Å². The molecule has 0 aliphatic carbocycles. The van der Waals surface area contributed by atoms with E-state index in [-0.39, 0.29) is 13.0 Å². The van der Waals surface area contributed by atoms with Crippen LogP contribution in [0.1, 0.15) is 18.4 Å². The molecule has 0 spiro atoms. The molecule has 0 saturated carbocycles. The van der Waals surface area contributed by atoms with E-state index in [9.17, 15) is 28.4 Å². The van der Waals surface area contributed by atoms with Crippen LogP contribution in [0.3, 0.4) is 0 Å². The van der Waals surface area contributed by atoms with Crippen LogP contribution in [-0.2, 0) is 16.0 Å². The predicted octanol–water partition coefficient (Wildman–Crippen LogP) is 0.949. The Morgan fingerprint density at radius 2 is 2.04 bits per heavy atom. The molecule has 1 heterocycles. The van der Waals surface area contributed by atoms with Gasteiger partial charge in [0.05, 0.1) is 12.5 Å². The monoisotopic (exact) mass is 382 g/mol. The number of hydrogen-bond donors (Lipinski definition) is 3. The number of carbonyl (C=O) groups excluding carboxylic acids is 2. The lowest BCUT2D eigenvalue weighted by atomic mass is 9.76. The lowest BCUT2D eigenvalue weighted by Crippen LogP contribution is -2.50. The van der Waals surface area contributed by atoms with E-state index in [0.717, 1.165) is 0 Å². The van der Waals surface area contributed by atoms with E-state index in [2.05, 4.69) is 11.9 Å². The molecule has 0 radical (unpaired) electrons. The van der Waals surface area contributed by atoms with Gasteiger partial charge in [-0.15, -0.1) is 0 Å². The minimum atomic E-state index is -1.86. The molecule has 0 aromatic heterocycles. The number of likely N-dealkylation sites (tertiary alicyclic amines) is 1. The van der Waals surface area contributed by atoms with Crippen molar-refractivity contribution in [2.45, 2.75) is 31.3 Å². The first-order valence-corrected chi connectivity index (χ1v) is 8.47. The molecular formula is C17H21BF2N2O5. The van der Waals surface area contributed by atoms with Crippen LogP contribution in [0.4, 0.5) is 13.6 Å². The van der Waals surface area contributed by atoms with Crippen LogP contribution in [-0.4, -0.2) is 59.2 Å². The van der Waals surface area contributed by atoms with Crippen molar-refractivity contribution in [1.82, 2.24) is 10.2 Å². The zero-order valence-corrected chi connectivity index (χ0v) is 14.6. The number of halogens is 2. The van der Waals surface area contributed by atoms with Crippen LogP contribution in [0.5, 0.6) is 0 Å². The second-order valence-corrected chi connectivity index (χ2v) is 6.32. The minimum absolute atomic E-state index is 0.0273. The highest BCUT2D eigenvalue weighted by Gasteiger charge is 2.30. The topological polar surface area (TPSA) is 99.1 Å². The van der Waals surface area contributed by atoms with Gasteiger partial charge >= 0.3 is 13.2 Å². The summed E-state index contributed by atoms with van der Waals surface area (Å²) >= 11 is 0. The molecule has 1 aromatic rings. The standard InChI is InChI=1S/C17H21BF2N2O5/c1-11(19)16(23)22-8-2-3-14(10-22)27-17(24)21-15(18(25)26)9-12-4-6-13(20)7-5-12/h4-7,14-15,25-26H,1-3,8-10H2,(H,21,24). The van der Waals surface area contributed by atoms with Crippen molar-refractivity contribution in [2.75, 3.05) is 13.1 Å². The molecule has 7 nitrogen and oxygen atoms in total. The first kappa shape index (κ1) is 20.9. The average molecular weight is 382 g/mol. The molecule has 2 unspecified atom stereocenters. The second kappa shape index (κ2) is 9.47. The SMILES string of the molecule is C=C(F)C(=O)N1CCCC(OC(=O)NC(Cc2ccc(F)cc2)B(O)O)C1. The molecule has 1 aromatic carbocycles. The van der Waals surface area contributed by atoms with Crippen molar-refractivity contribution >= 4 is 19.1 Å². The van der Waals surface area contributed by atoms with Gasteiger partial charge in [-0.1, -0.05) is 18.7 Å². The van der Waals surface area contributed by atoms with Gasteiger partial charge in [-0.25, -0.2) is 13.6 Å². The number of carbonyl (C=O) groups is 2. The van der Waals surface area contributed by atoms with Gasteiger partial charge in [-0.2, -0.15) is 0 Å². The van der Waals surface area contributed by atoms with E-state index < -0.39 is 42.8 Å². The lowest BCUT2D eigenvalue weighted by molar-refractivity contribution is -0.131. The summed E-state index contributed by atoms with van der Waals surface area (Å²) in [5.41, 5.74) is 0.589. The Balaban J connectivity index is 1.90. The zero-order chi connectivity index (χ0) is 20.0. The van der Waals surface area contributed by atoms with E-state index in [1.165, 1.54) is 29.2 Å². The lowest BCUT2D eigenvalue weighted by Gasteiger charge is -2.32. The Morgan fingerprint density at radius 3 is 2.63 bits per heavy atom. The highest BCUT2D eigenvalue weighted by Crippen LogP contribution is 2.16. The third-order valence-electron chi connectivity index (χ3n) is 4.20. The molecule has 27 heavy (non-hydrogen) atoms. The summed E-state index contributed by atoms with van der Waals surface area (Å²) in [6.45, 7) is 3.33. The van der Waals surface area contributed by atoms with Gasteiger partial charge in [0, 0.05) is 6.54 Å². The van der Waals surface area contributed by atoms with E-state index in [1.807, 2.05) is 0 Å². The molecule has 1 fully saturated rings. The molecule has 1 aliphatic rings. The third-order valence-corrected chi connectivity index (χ3v) is 4.20. The minimum Gasteiger partial charge on any atom is -0.444 e. The maximum atomic E-state index is 13.0. The highest BCUT2D eigenvalue weighted by molar-refractivity contribution is 6.43. The average Bonchev–Trinajstić information content (AvgIpc) is 2.62. The van der Waals surface area contributed by atoms with Crippen LogP contribution in [0.15, 0.2) is 36.7 Å². The maximum Gasteiger partial charge on any atom is 0.475 e. The van der Waals surface area contributed by atoms with Crippen molar-refractivity contribution in [2.24, 2.45) is 0 Å². The van der Waals surface area contributed by atoms with Gasteiger partial charge in [0.1, 0.15) is 11.9 Å². The fourth-order valence-electron chi connectivity index (χ4n) is 2.83. The van der Waals surface area contributed by atoms with E-state index in [0.29, 0.717) is 24.9 Å². The summed E-state index contributed by atoms with van der Waals surface area (Å²) in [7, 11) is -1.86. The Labute approximate surface area is 155 Å². The van der Waals surface area contributed by atoms with Crippen LogP contribution in [0.2, 0.25) is 0 Å². The van der Waals surface area contributed by atoms with Crippen molar-refractivity contribution in [3.05, 3.63) is 48.1 Å². The van der Waals surface area contributed by atoms with Crippen molar-refractivity contribution in [3.8, 4) is 0 Å². The van der Waals surface area contributed by atoms with Crippen LogP contribution in [0, 0.1) is 5.82 Å². The molecule has 1 aliphatic heterocycles. The summed E-state index contributed by atoms with van der Waals surface area (Å²) in [6, 6.07) is 5.38. The largest absolute Gasteiger partial charge is 0.475 e. The smallest absolute Gasteiger partial charge is 0.444 e. The number of nitrogens with one attached hydrogen (secondary N) is 1. The Morgan fingerprint density at radius 1 is 1.37 bits per heavy atom. The Bertz CT molecular complexity index is 686. The molecule has 2 rings (SSSR count). The zero-order valence-electron chi connectivity index (χ0n) is 14.6. The fraction of sp³-hybridized carbons (Fsp3) is 0.412. The molecular weight excluding hydrogens is 361 g/mol. The first-order chi connectivity index (χ1) is 12.8. The van der Waals surface area contributed by atoms with Crippen LogP contribution >= 0.6 is 0 Å². The second-order valence-electron chi connectivity index (χ2n) is 6.32. The van der Waals surface area contributed by atoms with Gasteiger partial charge in [-0.3, -0.25) is 4.79 Å². The molecule has 2 atom stereocenters. The van der Waals surface area contributed by atoms with Crippen molar-refractivity contribution in [1.29, 1.82) is 0 Å². The summed E-state index contributed by atoms with van der Waals surface area (Å²) in [6.07, 6.45) is -0.485. The number of amides is 2. The van der Waals surface area contributed by atoms with Crippen molar-refractivity contribution < 1.29 is 33.2 Å². The number of piperidine rings is 1. The third kappa shape index (κ3) is 6.33. The maximum absolute atomic E-state index is 13.0. The van der Waals surface area contributed by atoms with Crippen LogP contribution in [0.25, 0.3) is 0 Å². The van der Waals surface area contributed by atoms with Gasteiger partial charge < -0.3 is 25.0 Å². The number of hydrogen-bond acceptors (Lipinski definition) is 5. The normalized spacial score (nSPS) is 17.8. The molecule has 1 saturated heterocycles. The van der Waals surface area contributed by atoms with Gasteiger partial charge in [0.25, 0.3) is 5.91 Å². The summed E-state index contributed by atoms with van der Waals surface area (Å²) in [5.74, 6) is -3.43. The molecule has 3 N–H and O–H groups in total.